The Morgan fingerprint density at radius 3 is 2.33 bits per heavy atom. The number of ether oxygens (including phenoxy) is 4. The monoisotopic (exact) mass is 596 g/mol. The molecule has 43 heavy (non-hydrogen) atoms. The molecule has 2 aliphatic heterocycles. The summed E-state index contributed by atoms with van der Waals surface area (Å²) in [5.74, 6) is -2.26. The van der Waals surface area contributed by atoms with Crippen molar-refractivity contribution >= 4 is 46.8 Å². The van der Waals surface area contributed by atoms with Crippen LogP contribution in [0.4, 0.5) is 21.9 Å². The van der Waals surface area contributed by atoms with Crippen LogP contribution in [0, 0.1) is 0 Å². The number of alkyl carbamates (subject to hydrolysis) is 1. The second kappa shape index (κ2) is 13.7. The molecule has 0 bridgehead atoms. The molecule has 2 heterocycles. The van der Waals surface area contributed by atoms with E-state index in [0.29, 0.717) is 30.2 Å². The molecule has 2 fully saturated rings. The lowest BCUT2D eigenvalue weighted by Gasteiger charge is -2.35. The molecule has 230 valence electrons. The van der Waals surface area contributed by atoms with Crippen LogP contribution in [0.3, 0.4) is 0 Å². The van der Waals surface area contributed by atoms with Crippen LogP contribution in [-0.2, 0) is 44.7 Å². The molecule has 2 saturated heterocycles. The van der Waals surface area contributed by atoms with E-state index in [1.807, 2.05) is 0 Å². The zero-order valence-electron chi connectivity index (χ0n) is 24.6. The Balaban J connectivity index is 1.44. The van der Waals surface area contributed by atoms with Crippen LogP contribution >= 0.6 is 0 Å². The summed E-state index contributed by atoms with van der Waals surface area (Å²) in [6.07, 6.45) is -3.52. The Hall–Kier alpha value is -4.49. The maximum absolute atomic E-state index is 13.6. The summed E-state index contributed by atoms with van der Waals surface area (Å²) in [5, 5.41) is 5.32. The SMILES string of the molecule is CC(=O)O[C@@H](C(=O)Nc1ccc(CNC(=O)OC(C)(C)C)cc1)[C@H]1OCCN(c2cccc(N3CCOCC3=O)c2)C1=O. The third kappa shape index (κ3) is 8.52. The second-order valence-electron chi connectivity index (χ2n) is 11.0. The van der Waals surface area contributed by atoms with Gasteiger partial charge < -0.3 is 39.4 Å². The maximum atomic E-state index is 13.6. The molecule has 0 radical (unpaired) electrons. The van der Waals surface area contributed by atoms with Crippen LogP contribution in [-0.4, -0.2) is 80.5 Å². The lowest BCUT2D eigenvalue weighted by Crippen LogP contribution is -2.56. The van der Waals surface area contributed by atoms with Gasteiger partial charge in [-0.05, 0) is 56.7 Å². The van der Waals surface area contributed by atoms with Crippen molar-refractivity contribution in [3.8, 4) is 0 Å². The highest BCUT2D eigenvalue weighted by Gasteiger charge is 2.42. The highest BCUT2D eigenvalue weighted by molar-refractivity contribution is 6.05. The first-order chi connectivity index (χ1) is 20.4. The fourth-order valence-corrected chi connectivity index (χ4v) is 4.54. The molecule has 2 atom stereocenters. The van der Waals surface area contributed by atoms with Crippen molar-refractivity contribution in [3.63, 3.8) is 0 Å². The summed E-state index contributed by atoms with van der Waals surface area (Å²) in [4.78, 5) is 66.1. The quantitative estimate of drug-likeness (QED) is 0.438. The number of nitrogens with one attached hydrogen (secondary N) is 2. The van der Waals surface area contributed by atoms with Gasteiger partial charge in [0.25, 0.3) is 17.7 Å². The van der Waals surface area contributed by atoms with Gasteiger partial charge in [0.15, 0.2) is 6.10 Å². The Kier molecular flexibility index (Phi) is 9.99. The summed E-state index contributed by atoms with van der Waals surface area (Å²) in [7, 11) is 0. The molecule has 2 aliphatic rings. The molecule has 4 amide bonds. The Morgan fingerprint density at radius 2 is 1.67 bits per heavy atom. The zero-order chi connectivity index (χ0) is 31.1. The number of hydrogen-bond donors (Lipinski definition) is 2. The third-order valence-corrected chi connectivity index (χ3v) is 6.44. The molecule has 2 N–H and O–H groups in total. The number of carbonyl (C=O) groups excluding carboxylic acids is 5. The summed E-state index contributed by atoms with van der Waals surface area (Å²) < 4.78 is 21.4. The molecule has 0 unspecified atom stereocenters. The minimum absolute atomic E-state index is 0.0202. The lowest BCUT2D eigenvalue weighted by molar-refractivity contribution is -0.167. The molecular formula is C30H36N4O9. The van der Waals surface area contributed by atoms with E-state index in [1.165, 1.54) is 4.90 Å². The summed E-state index contributed by atoms with van der Waals surface area (Å²) in [6.45, 7) is 7.70. The molecule has 13 nitrogen and oxygen atoms in total. The topological polar surface area (TPSA) is 153 Å². The summed E-state index contributed by atoms with van der Waals surface area (Å²) in [6, 6.07) is 13.6. The van der Waals surface area contributed by atoms with Gasteiger partial charge in [-0.2, -0.15) is 0 Å². The molecule has 0 aliphatic carbocycles. The van der Waals surface area contributed by atoms with Gasteiger partial charge in [0.05, 0.1) is 13.2 Å². The van der Waals surface area contributed by atoms with Gasteiger partial charge >= 0.3 is 12.1 Å². The number of benzene rings is 2. The minimum Gasteiger partial charge on any atom is -0.449 e. The van der Waals surface area contributed by atoms with Gasteiger partial charge in [-0.3, -0.25) is 19.2 Å². The minimum atomic E-state index is -1.56. The van der Waals surface area contributed by atoms with Crippen molar-refractivity contribution in [1.29, 1.82) is 0 Å². The van der Waals surface area contributed by atoms with E-state index >= 15 is 0 Å². The van der Waals surface area contributed by atoms with Gasteiger partial charge in [0.2, 0.25) is 6.10 Å². The average Bonchev–Trinajstić information content (AvgIpc) is 2.95. The molecule has 2 aromatic rings. The Morgan fingerprint density at radius 1 is 1.00 bits per heavy atom. The fourth-order valence-electron chi connectivity index (χ4n) is 4.54. The van der Waals surface area contributed by atoms with Crippen LogP contribution < -0.4 is 20.4 Å². The molecule has 0 spiro atoms. The van der Waals surface area contributed by atoms with Crippen molar-refractivity contribution in [2.75, 3.05) is 48.0 Å². The van der Waals surface area contributed by atoms with Gasteiger partial charge in [-0.1, -0.05) is 18.2 Å². The number of nitrogens with zero attached hydrogens (tertiary/aromatic N) is 2. The molecule has 0 aromatic heterocycles. The van der Waals surface area contributed by atoms with E-state index in [4.69, 9.17) is 18.9 Å². The smallest absolute Gasteiger partial charge is 0.407 e. The number of anilines is 3. The van der Waals surface area contributed by atoms with E-state index < -0.39 is 41.7 Å². The van der Waals surface area contributed by atoms with Crippen molar-refractivity contribution in [2.24, 2.45) is 0 Å². The Labute approximate surface area is 249 Å². The number of hydrogen-bond acceptors (Lipinski definition) is 9. The predicted molar refractivity (Wildman–Crippen MR) is 155 cm³/mol. The molecule has 13 heteroatoms. The predicted octanol–water partition coefficient (Wildman–Crippen LogP) is 2.38. The van der Waals surface area contributed by atoms with E-state index in [2.05, 4.69) is 10.6 Å². The van der Waals surface area contributed by atoms with E-state index in [-0.39, 0.29) is 32.2 Å². The first kappa shape index (κ1) is 31.4. The van der Waals surface area contributed by atoms with E-state index in [1.54, 1.807) is 74.2 Å². The van der Waals surface area contributed by atoms with Crippen LogP contribution in [0.1, 0.15) is 33.3 Å². The number of carbonyl (C=O) groups is 5. The standard InChI is InChI=1S/C30H36N4O9/c1-19(35)42-25(27(37)32-21-10-8-20(9-11-21)17-31-29(39)43-30(2,3)4)26-28(38)34(13-15-41-26)23-7-5-6-22(16-23)33-12-14-40-18-24(33)36/h5-11,16,25-26H,12-15,17-18H2,1-4H3,(H,31,39)(H,32,37)/t25-,26-/m1/s1. The molecule has 4 rings (SSSR count). The highest BCUT2D eigenvalue weighted by atomic mass is 16.6. The first-order valence-corrected chi connectivity index (χ1v) is 13.9. The van der Waals surface area contributed by atoms with E-state index in [0.717, 1.165) is 12.5 Å². The fraction of sp³-hybridized carbons (Fsp3) is 0.433. The number of morpholine rings is 2. The number of rotatable bonds is 8. The third-order valence-electron chi connectivity index (χ3n) is 6.44. The molecule has 0 saturated carbocycles. The van der Waals surface area contributed by atoms with Crippen molar-refractivity contribution in [3.05, 3.63) is 54.1 Å². The lowest BCUT2D eigenvalue weighted by atomic mass is 10.1. The van der Waals surface area contributed by atoms with Crippen LogP contribution in [0.15, 0.2) is 48.5 Å². The van der Waals surface area contributed by atoms with Crippen molar-refractivity contribution in [1.82, 2.24) is 5.32 Å². The van der Waals surface area contributed by atoms with Gasteiger partial charge in [0.1, 0.15) is 12.2 Å². The summed E-state index contributed by atoms with van der Waals surface area (Å²) >= 11 is 0. The number of amides is 4. The highest BCUT2D eigenvalue weighted by Crippen LogP contribution is 2.27. The normalized spacial score (nSPS) is 18.1. The van der Waals surface area contributed by atoms with Gasteiger partial charge in [0, 0.05) is 43.6 Å². The van der Waals surface area contributed by atoms with E-state index in [9.17, 15) is 24.0 Å². The first-order valence-electron chi connectivity index (χ1n) is 13.9. The van der Waals surface area contributed by atoms with Crippen molar-refractivity contribution < 1.29 is 42.9 Å². The molecule has 2 aromatic carbocycles. The van der Waals surface area contributed by atoms with Gasteiger partial charge in [-0.15, -0.1) is 0 Å². The van der Waals surface area contributed by atoms with Crippen LogP contribution in [0.5, 0.6) is 0 Å². The Bertz CT molecular complexity index is 1360. The van der Waals surface area contributed by atoms with Crippen molar-refractivity contribution in [2.45, 2.75) is 52.0 Å². The zero-order valence-corrected chi connectivity index (χ0v) is 24.6. The largest absolute Gasteiger partial charge is 0.449 e. The van der Waals surface area contributed by atoms with Crippen LogP contribution in [0.25, 0.3) is 0 Å². The molecular weight excluding hydrogens is 560 g/mol. The van der Waals surface area contributed by atoms with Gasteiger partial charge in [-0.25, -0.2) is 4.79 Å². The summed E-state index contributed by atoms with van der Waals surface area (Å²) in [5.41, 5.74) is 1.63. The average molecular weight is 597 g/mol. The van der Waals surface area contributed by atoms with Crippen LogP contribution in [0.2, 0.25) is 0 Å². The maximum Gasteiger partial charge on any atom is 0.407 e. The second-order valence-corrected chi connectivity index (χ2v) is 11.0. The number of esters is 1.